The molecule has 2 rings (SSSR count). The molecule has 0 aliphatic rings. The first-order valence-electron chi connectivity index (χ1n) is 7.49. The van der Waals surface area contributed by atoms with E-state index in [-0.39, 0.29) is 0 Å². The van der Waals surface area contributed by atoms with Crippen molar-refractivity contribution in [1.29, 1.82) is 0 Å². The first-order chi connectivity index (χ1) is 11.7. The van der Waals surface area contributed by atoms with E-state index in [1.54, 1.807) is 28.4 Å². The molecule has 0 fully saturated rings. The fourth-order valence-corrected chi connectivity index (χ4v) is 2.42. The van der Waals surface area contributed by atoms with E-state index < -0.39 is 0 Å². The maximum absolute atomic E-state index is 5.59. The summed E-state index contributed by atoms with van der Waals surface area (Å²) in [6.45, 7) is 0.731. The van der Waals surface area contributed by atoms with Crippen molar-refractivity contribution in [2.45, 2.75) is 13.2 Å². The molecule has 0 heterocycles. The average molecular weight is 333 g/mol. The van der Waals surface area contributed by atoms with Gasteiger partial charge in [-0.2, -0.15) is 5.48 Å². The quantitative estimate of drug-likeness (QED) is 0.562. The first kappa shape index (κ1) is 17.9. The highest BCUT2D eigenvalue weighted by Crippen LogP contribution is 2.30. The summed E-state index contributed by atoms with van der Waals surface area (Å²) in [4.78, 5) is 5.59. The molecule has 0 saturated heterocycles. The normalized spacial score (nSPS) is 10.3. The standard InChI is InChI=1S/C18H23NO5/c1-20-15-7-5-8-16(21-2)13(15)11-19-24-12-14-17(22-3)9-6-10-18(14)23-4/h5-10,19H,11-12H2,1-4H3. The number of nitrogens with one attached hydrogen (secondary N) is 1. The Labute approximate surface area is 142 Å². The lowest BCUT2D eigenvalue weighted by molar-refractivity contribution is 0.0208. The number of rotatable bonds is 9. The van der Waals surface area contributed by atoms with E-state index in [0.29, 0.717) is 24.7 Å². The van der Waals surface area contributed by atoms with Gasteiger partial charge in [-0.15, -0.1) is 0 Å². The lowest BCUT2D eigenvalue weighted by atomic mass is 10.2. The highest BCUT2D eigenvalue weighted by Gasteiger charge is 2.12. The summed E-state index contributed by atoms with van der Waals surface area (Å²) in [5, 5.41) is 0. The SMILES string of the molecule is COc1cccc(OC)c1CNOCc1c(OC)cccc1OC. The third kappa shape index (κ3) is 4.10. The van der Waals surface area contributed by atoms with Crippen LogP contribution in [0.25, 0.3) is 0 Å². The van der Waals surface area contributed by atoms with Gasteiger partial charge in [0.1, 0.15) is 29.6 Å². The van der Waals surface area contributed by atoms with Crippen LogP contribution in [0.4, 0.5) is 0 Å². The Morgan fingerprint density at radius 3 is 1.50 bits per heavy atom. The third-order valence-electron chi connectivity index (χ3n) is 3.63. The zero-order chi connectivity index (χ0) is 17.4. The van der Waals surface area contributed by atoms with Crippen molar-refractivity contribution in [1.82, 2.24) is 5.48 Å². The molecule has 0 aliphatic carbocycles. The number of hydroxylamine groups is 1. The molecule has 0 amide bonds. The molecule has 0 aliphatic heterocycles. The van der Waals surface area contributed by atoms with Crippen molar-refractivity contribution in [3.63, 3.8) is 0 Å². The summed E-state index contributed by atoms with van der Waals surface area (Å²) in [5.74, 6) is 2.90. The number of hydrogen-bond donors (Lipinski definition) is 1. The zero-order valence-corrected chi connectivity index (χ0v) is 14.4. The Morgan fingerprint density at radius 2 is 1.08 bits per heavy atom. The van der Waals surface area contributed by atoms with E-state index >= 15 is 0 Å². The smallest absolute Gasteiger partial charge is 0.128 e. The minimum absolute atomic E-state index is 0.296. The number of hydrogen-bond acceptors (Lipinski definition) is 6. The fourth-order valence-electron chi connectivity index (χ4n) is 2.42. The largest absolute Gasteiger partial charge is 0.496 e. The summed E-state index contributed by atoms with van der Waals surface area (Å²) >= 11 is 0. The van der Waals surface area contributed by atoms with E-state index in [9.17, 15) is 0 Å². The number of ether oxygens (including phenoxy) is 4. The molecule has 1 N–H and O–H groups in total. The lowest BCUT2D eigenvalue weighted by Crippen LogP contribution is -2.16. The zero-order valence-electron chi connectivity index (χ0n) is 14.4. The monoisotopic (exact) mass is 333 g/mol. The van der Waals surface area contributed by atoms with Gasteiger partial charge in [-0.25, -0.2) is 0 Å². The van der Waals surface area contributed by atoms with Gasteiger partial charge in [0, 0.05) is 0 Å². The van der Waals surface area contributed by atoms with Gasteiger partial charge < -0.3 is 18.9 Å². The van der Waals surface area contributed by atoms with E-state index in [4.69, 9.17) is 23.8 Å². The molecule has 24 heavy (non-hydrogen) atoms. The number of benzene rings is 2. The van der Waals surface area contributed by atoms with Crippen LogP contribution < -0.4 is 24.4 Å². The van der Waals surface area contributed by atoms with Crippen LogP contribution >= 0.6 is 0 Å². The Balaban J connectivity index is 2.02. The predicted molar refractivity (Wildman–Crippen MR) is 90.7 cm³/mol. The number of methoxy groups -OCH3 is 4. The minimum Gasteiger partial charge on any atom is -0.496 e. The Kier molecular flexibility index (Phi) is 6.72. The second-order valence-corrected chi connectivity index (χ2v) is 4.89. The van der Waals surface area contributed by atoms with E-state index in [0.717, 1.165) is 22.6 Å². The van der Waals surface area contributed by atoms with Crippen molar-refractivity contribution in [2.24, 2.45) is 0 Å². The van der Waals surface area contributed by atoms with Crippen LogP contribution in [-0.2, 0) is 18.0 Å². The van der Waals surface area contributed by atoms with Crippen LogP contribution in [0.2, 0.25) is 0 Å². The molecule has 0 atom stereocenters. The summed E-state index contributed by atoms with van der Waals surface area (Å²) in [7, 11) is 6.48. The molecule has 0 radical (unpaired) electrons. The summed E-state index contributed by atoms with van der Waals surface area (Å²) in [6, 6.07) is 11.2. The Bertz CT molecular complexity index is 558. The Morgan fingerprint density at radius 1 is 0.667 bits per heavy atom. The molecule has 130 valence electrons. The van der Waals surface area contributed by atoms with Crippen LogP contribution in [-0.4, -0.2) is 28.4 Å². The van der Waals surface area contributed by atoms with E-state index in [1.807, 2.05) is 36.4 Å². The van der Waals surface area contributed by atoms with Crippen molar-refractivity contribution >= 4 is 0 Å². The van der Waals surface area contributed by atoms with Crippen LogP contribution in [0.5, 0.6) is 23.0 Å². The second-order valence-electron chi connectivity index (χ2n) is 4.89. The molecular formula is C18H23NO5. The maximum Gasteiger partial charge on any atom is 0.128 e. The van der Waals surface area contributed by atoms with Gasteiger partial charge in [-0.05, 0) is 24.3 Å². The summed E-state index contributed by atoms with van der Waals surface area (Å²) in [5.41, 5.74) is 4.65. The fraction of sp³-hybridized carbons (Fsp3) is 0.333. The van der Waals surface area contributed by atoms with Crippen molar-refractivity contribution in [3.05, 3.63) is 47.5 Å². The minimum atomic E-state index is 0.296. The average Bonchev–Trinajstić information content (AvgIpc) is 2.64. The maximum atomic E-state index is 5.59. The molecule has 0 unspecified atom stereocenters. The van der Waals surface area contributed by atoms with E-state index in [1.165, 1.54) is 0 Å². The van der Waals surface area contributed by atoms with Gasteiger partial charge in [0.25, 0.3) is 0 Å². The van der Waals surface area contributed by atoms with Crippen LogP contribution in [0, 0.1) is 0 Å². The van der Waals surface area contributed by atoms with Crippen LogP contribution in [0.3, 0.4) is 0 Å². The molecule has 0 aromatic heterocycles. The van der Waals surface area contributed by atoms with E-state index in [2.05, 4.69) is 5.48 Å². The van der Waals surface area contributed by atoms with Crippen LogP contribution in [0.1, 0.15) is 11.1 Å². The van der Waals surface area contributed by atoms with Crippen molar-refractivity contribution in [3.8, 4) is 23.0 Å². The van der Waals surface area contributed by atoms with Gasteiger partial charge in [0.2, 0.25) is 0 Å². The third-order valence-corrected chi connectivity index (χ3v) is 3.63. The molecular weight excluding hydrogens is 310 g/mol. The summed E-state index contributed by atoms with van der Waals surface area (Å²) in [6.07, 6.45) is 0. The van der Waals surface area contributed by atoms with Crippen molar-refractivity contribution < 1.29 is 23.8 Å². The molecule has 6 heteroatoms. The Hall–Kier alpha value is -2.44. The molecule has 0 bridgehead atoms. The van der Waals surface area contributed by atoms with Gasteiger partial charge in [-0.1, -0.05) is 12.1 Å². The first-order valence-corrected chi connectivity index (χ1v) is 7.49. The van der Waals surface area contributed by atoms with Gasteiger partial charge in [-0.3, -0.25) is 4.84 Å². The summed E-state index contributed by atoms with van der Waals surface area (Å²) < 4.78 is 21.4. The topological polar surface area (TPSA) is 58.2 Å². The van der Waals surface area contributed by atoms with Gasteiger partial charge in [0.15, 0.2) is 0 Å². The van der Waals surface area contributed by atoms with Crippen molar-refractivity contribution in [2.75, 3.05) is 28.4 Å². The molecule has 6 nitrogen and oxygen atoms in total. The highest BCUT2D eigenvalue weighted by molar-refractivity contribution is 5.45. The highest BCUT2D eigenvalue weighted by atomic mass is 16.6. The molecule has 0 saturated carbocycles. The molecule has 2 aromatic rings. The predicted octanol–water partition coefficient (Wildman–Crippen LogP) is 2.94. The molecule has 2 aromatic carbocycles. The second kappa shape index (κ2) is 9.00. The molecule has 0 spiro atoms. The van der Waals surface area contributed by atoms with Crippen LogP contribution in [0.15, 0.2) is 36.4 Å². The van der Waals surface area contributed by atoms with Gasteiger partial charge in [0.05, 0.1) is 46.1 Å². The lowest BCUT2D eigenvalue weighted by Gasteiger charge is -2.15. The van der Waals surface area contributed by atoms with Gasteiger partial charge >= 0.3 is 0 Å².